The molecule has 0 aliphatic rings. The Bertz CT molecular complexity index is 655. The molecule has 0 saturated carbocycles. The molecule has 4 nitrogen and oxygen atoms in total. The van der Waals surface area contributed by atoms with E-state index in [1.807, 2.05) is 37.4 Å². The van der Waals surface area contributed by atoms with Crippen LogP contribution in [0, 0.1) is 6.92 Å². The van der Waals surface area contributed by atoms with Crippen molar-refractivity contribution in [2.75, 3.05) is 0 Å². The molecule has 0 radical (unpaired) electrons. The molecule has 80 valence electrons. The summed E-state index contributed by atoms with van der Waals surface area (Å²) in [6, 6.07) is 8.15. The molecule has 0 amide bonds. The van der Waals surface area contributed by atoms with Gasteiger partial charge in [0.15, 0.2) is 0 Å². The fraction of sp³-hybridized carbons (Fsp3) is 0.0909. The van der Waals surface area contributed by atoms with Gasteiger partial charge in [0.25, 0.3) is 0 Å². The van der Waals surface area contributed by atoms with E-state index < -0.39 is 0 Å². The smallest absolute Gasteiger partial charge is 0.255 e. The van der Waals surface area contributed by atoms with Gasteiger partial charge in [-0.05, 0) is 18.3 Å². The van der Waals surface area contributed by atoms with Gasteiger partial charge in [-0.3, -0.25) is 4.79 Å². The normalized spacial score (nSPS) is 11.1. The number of aryl methyl sites for hydroxylation is 1. The second kappa shape index (κ2) is 3.31. The summed E-state index contributed by atoms with van der Waals surface area (Å²) in [5, 5.41) is 2.68. The molecule has 16 heavy (non-hydrogen) atoms. The highest BCUT2D eigenvalue weighted by Crippen LogP contribution is 2.19. The molecule has 0 saturated heterocycles. The van der Waals surface area contributed by atoms with E-state index in [-0.39, 0.29) is 4.87 Å². The third kappa shape index (κ3) is 1.45. The quantitative estimate of drug-likeness (QED) is 0.697. The van der Waals surface area contributed by atoms with Crippen LogP contribution in [0.4, 0.5) is 0 Å². The van der Waals surface area contributed by atoms with Crippen LogP contribution in [-0.2, 0) is 0 Å². The molecule has 0 aliphatic heterocycles. The van der Waals surface area contributed by atoms with Crippen LogP contribution in [0.5, 0.6) is 0 Å². The highest BCUT2D eigenvalue weighted by molar-refractivity contribution is 7.14. The summed E-state index contributed by atoms with van der Waals surface area (Å²) in [6.07, 6.45) is 1.83. The number of benzene rings is 1. The fourth-order valence-corrected chi connectivity index (χ4v) is 2.23. The average Bonchev–Trinajstić information content (AvgIpc) is 2.75. The molecular weight excluding hydrogens is 222 g/mol. The Morgan fingerprint density at radius 2 is 2.06 bits per heavy atom. The van der Waals surface area contributed by atoms with Crippen molar-refractivity contribution in [1.82, 2.24) is 14.6 Å². The SMILES string of the molecule is Cc1ccc(-c2cn3[nH]c(=O)sc3n2)cc1. The van der Waals surface area contributed by atoms with Gasteiger partial charge in [0.1, 0.15) is 0 Å². The van der Waals surface area contributed by atoms with Gasteiger partial charge >= 0.3 is 4.87 Å². The number of nitrogens with zero attached hydrogens (tertiary/aromatic N) is 2. The Morgan fingerprint density at radius 3 is 2.75 bits per heavy atom. The van der Waals surface area contributed by atoms with Gasteiger partial charge in [0, 0.05) is 5.56 Å². The van der Waals surface area contributed by atoms with E-state index in [9.17, 15) is 4.79 Å². The lowest BCUT2D eigenvalue weighted by Gasteiger charge is -1.96. The van der Waals surface area contributed by atoms with Crippen molar-refractivity contribution >= 4 is 16.3 Å². The third-order valence-corrected chi connectivity index (χ3v) is 3.16. The summed E-state index contributed by atoms with van der Waals surface area (Å²) >= 11 is 1.11. The molecule has 1 aromatic carbocycles. The Balaban J connectivity index is 2.15. The van der Waals surface area contributed by atoms with Gasteiger partial charge in [0.05, 0.1) is 11.9 Å². The van der Waals surface area contributed by atoms with Crippen LogP contribution < -0.4 is 4.87 Å². The second-order valence-electron chi connectivity index (χ2n) is 3.65. The Hall–Kier alpha value is -1.88. The van der Waals surface area contributed by atoms with Gasteiger partial charge in [-0.25, -0.2) is 14.6 Å². The first kappa shape index (κ1) is 9.35. The van der Waals surface area contributed by atoms with Crippen LogP contribution in [0.25, 0.3) is 16.2 Å². The predicted molar refractivity (Wildman–Crippen MR) is 63.9 cm³/mol. The number of hydrogen-bond acceptors (Lipinski definition) is 3. The Kier molecular flexibility index (Phi) is 1.94. The molecule has 3 aromatic rings. The van der Waals surface area contributed by atoms with Gasteiger partial charge in [-0.1, -0.05) is 29.8 Å². The van der Waals surface area contributed by atoms with E-state index >= 15 is 0 Å². The summed E-state index contributed by atoms with van der Waals surface area (Å²) in [4.78, 5) is 16.0. The molecule has 0 atom stereocenters. The van der Waals surface area contributed by atoms with Gasteiger partial charge in [-0.15, -0.1) is 0 Å². The van der Waals surface area contributed by atoms with Crippen molar-refractivity contribution < 1.29 is 0 Å². The molecule has 2 aromatic heterocycles. The standard InChI is InChI=1S/C11H9N3OS/c1-7-2-4-8(5-3-7)9-6-14-10(12-9)16-11(15)13-14/h2-6H,1H3,(H,13,15). The van der Waals surface area contributed by atoms with Gasteiger partial charge in [0.2, 0.25) is 4.96 Å². The van der Waals surface area contributed by atoms with Crippen LogP contribution in [0.15, 0.2) is 35.3 Å². The number of fused-ring (bicyclic) bond motifs is 1. The summed E-state index contributed by atoms with van der Waals surface area (Å²) in [7, 11) is 0. The average molecular weight is 231 g/mol. The molecule has 2 heterocycles. The van der Waals surface area contributed by atoms with Crippen molar-refractivity contribution in [3.63, 3.8) is 0 Å². The molecular formula is C11H9N3OS. The molecule has 5 heteroatoms. The lowest BCUT2D eigenvalue weighted by Crippen LogP contribution is -1.95. The first-order chi connectivity index (χ1) is 7.72. The lowest BCUT2D eigenvalue weighted by atomic mass is 10.1. The van der Waals surface area contributed by atoms with E-state index in [0.717, 1.165) is 22.6 Å². The minimum Gasteiger partial charge on any atom is -0.255 e. The fourth-order valence-electron chi connectivity index (χ4n) is 1.58. The first-order valence-electron chi connectivity index (χ1n) is 4.88. The minimum atomic E-state index is -0.0852. The van der Waals surface area contributed by atoms with Crippen LogP contribution >= 0.6 is 11.3 Å². The highest BCUT2D eigenvalue weighted by Gasteiger charge is 2.06. The monoisotopic (exact) mass is 231 g/mol. The molecule has 0 aliphatic carbocycles. The van der Waals surface area contributed by atoms with Crippen LogP contribution in [-0.4, -0.2) is 14.6 Å². The second-order valence-corrected chi connectivity index (χ2v) is 4.59. The number of rotatable bonds is 1. The first-order valence-corrected chi connectivity index (χ1v) is 5.69. The van der Waals surface area contributed by atoms with Crippen molar-refractivity contribution in [3.05, 3.63) is 45.7 Å². The summed E-state index contributed by atoms with van der Waals surface area (Å²) in [5.41, 5.74) is 3.16. The van der Waals surface area contributed by atoms with Crippen molar-refractivity contribution in [2.45, 2.75) is 6.92 Å². The van der Waals surface area contributed by atoms with Crippen LogP contribution in [0.1, 0.15) is 5.56 Å². The van der Waals surface area contributed by atoms with Gasteiger partial charge < -0.3 is 0 Å². The van der Waals surface area contributed by atoms with Crippen LogP contribution in [0.3, 0.4) is 0 Å². The Labute approximate surface area is 95.2 Å². The number of hydrogen-bond donors (Lipinski definition) is 1. The molecule has 1 N–H and O–H groups in total. The maximum Gasteiger partial charge on any atom is 0.322 e. The van der Waals surface area contributed by atoms with E-state index in [1.54, 1.807) is 4.52 Å². The molecule has 3 rings (SSSR count). The summed E-state index contributed by atoms with van der Waals surface area (Å²) in [6.45, 7) is 2.05. The number of aromatic amines is 1. The molecule has 0 fully saturated rings. The number of imidazole rings is 1. The molecule has 0 bridgehead atoms. The zero-order valence-electron chi connectivity index (χ0n) is 8.60. The number of aromatic nitrogens is 3. The zero-order chi connectivity index (χ0) is 11.1. The van der Waals surface area contributed by atoms with Crippen molar-refractivity contribution in [3.8, 4) is 11.3 Å². The Morgan fingerprint density at radius 1 is 1.31 bits per heavy atom. The van der Waals surface area contributed by atoms with Crippen molar-refractivity contribution in [1.29, 1.82) is 0 Å². The topological polar surface area (TPSA) is 50.2 Å². The van der Waals surface area contributed by atoms with E-state index in [1.165, 1.54) is 5.56 Å². The molecule has 0 spiro atoms. The highest BCUT2D eigenvalue weighted by atomic mass is 32.1. The largest absolute Gasteiger partial charge is 0.322 e. The summed E-state index contributed by atoms with van der Waals surface area (Å²) < 4.78 is 1.65. The van der Waals surface area contributed by atoms with Crippen molar-refractivity contribution in [2.24, 2.45) is 0 Å². The lowest BCUT2D eigenvalue weighted by molar-refractivity contribution is 0.950. The zero-order valence-corrected chi connectivity index (χ0v) is 9.41. The van der Waals surface area contributed by atoms with Gasteiger partial charge in [-0.2, -0.15) is 0 Å². The number of H-pyrrole nitrogens is 1. The maximum atomic E-state index is 11.0. The van der Waals surface area contributed by atoms with E-state index in [2.05, 4.69) is 10.1 Å². The van der Waals surface area contributed by atoms with E-state index in [0.29, 0.717) is 4.96 Å². The maximum absolute atomic E-state index is 11.0. The molecule has 0 unspecified atom stereocenters. The third-order valence-electron chi connectivity index (χ3n) is 2.42. The summed E-state index contributed by atoms with van der Waals surface area (Å²) in [5.74, 6) is 0. The van der Waals surface area contributed by atoms with Crippen LogP contribution in [0.2, 0.25) is 0 Å². The predicted octanol–water partition coefficient (Wildman–Crippen LogP) is 2.06. The van der Waals surface area contributed by atoms with E-state index in [4.69, 9.17) is 0 Å². The number of nitrogens with one attached hydrogen (secondary N) is 1. The minimum absolute atomic E-state index is 0.0852.